The van der Waals surface area contributed by atoms with Gasteiger partial charge in [0.2, 0.25) is 0 Å². The first-order valence-electron chi connectivity index (χ1n) is 3.39. The molecule has 5 heteroatoms. The summed E-state index contributed by atoms with van der Waals surface area (Å²) in [4.78, 5) is 10.7. The normalized spacial score (nSPS) is 10.2. The van der Waals surface area contributed by atoms with Crippen molar-refractivity contribution in [3.05, 3.63) is 29.1 Å². The Morgan fingerprint density at radius 2 is 1.85 bits per heavy atom. The minimum atomic E-state index is -1.42. The maximum atomic E-state index is 12.9. The third kappa shape index (κ3) is 1.49. The smallest absolute Gasteiger partial charge is 0.171 e. The summed E-state index contributed by atoms with van der Waals surface area (Å²) in [5, 5.41) is 0. The zero-order valence-corrected chi connectivity index (χ0v) is 6.70. The molecule has 0 bridgehead atoms. The Labute approximate surface area is 72.2 Å². The molecule has 0 aliphatic rings. The van der Waals surface area contributed by atoms with E-state index in [4.69, 9.17) is 5.73 Å². The fraction of sp³-hybridized carbons (Fsp3) is 0.125. The van der Waals surface area contributed by atoms with Gasteiger partial charge in [0.05, 0.1) is 11.3 Å². The van der Waals surface area contributed by atoms with E-state index in [9.17, 15) is 18.0 Å². The quantitative estimate of drug-likeness (QED) is 0.416. The highest BCUT2D eigenvalue weighted by molar-refractivity contribution is 5.99. The Balaban J connectivity index is 3.56. The van der Waals surface area contributed by atoms with Crippen molar-refractivity contribution in [2.24, 2.45) is 0 Å². The fourth-order valence-electron chi connectivity index (χ4n) is 0.954. The van der Waals surface area contributed by atoms with Gasteiger partial charge in [0, 0.05) is 6.07 Å². The van der Waals surface area contributed by atoms with E-state index in [1.54, 1.807) is 0 Å². The maximum Gasteiger partial charge on any atom is 0.171 e. The van der Waals surface area contributed by atoms with E-state index in [-0.39, 0.29) is 0 Å². The lowest BCUT2D eigenvalue weighted by Crippen LogP contribution is -2.07. The van der Waals surface area contributed by atoms with E-state index in [0.29, 0.717) is 6.07 Å². The molecule has 0 saturated carbocycles. The predicted molar refractivity (Wildman–Crippen MR) is 40.7 cm³/mol. The topological polar surface area (TPSA) is 43.1 Å². The average molecular weight is 189 g/mol. The van der Waals surface area contributed by atoms with E-state index in [2.05, 4.69) is 0 Å². The van der Waals surface area contributed by atoms with Crippen LogP contribution in [-0.2, 0) is 0 Å². The molecule has 0 aromatic heterocycles. The zero-order valence-electron chi connectivity index (χ0n) is 6.70. The van der Waals surface area contributed by atoms with Crippen LogP contribution in [0.1, 0.15) is 17.3 Å². The number of ketones is 1. The van der Waals surface area contributed by atoms with Crippen molar-refractivity contribution in [3.8, 4) is 0 Å². The van der Waals surface area contributed by atoms with Gasteiger partial charge in [-0.25, -0.2) is 13.2 Å². The molecule has 0 radical (unpaired) electrons. The van der Waals surface area contributed by atoms with Crippen LogP contribution in [0.4, 0.5) is 18.9 Å². The van der Waals surface area contributed by atoms with Crippen molar-refractivity contribution in [1.29, 1.82) is 0 Å². The Bertz CT molecular complexity index is 350. The summed E-state index contributed by atoms with van der Waals surface area (Å²) >= 11 is 0. The van der Waals surface area contributed by atoms with Crippen LogP contribution < -0.4 is 5.73 Å². The van der Waals surface area contributed by atoms with Crippen molar-refractivity contribution in [2.45, 2.75) is 6.92 Å². The van der Waals surface area contributed by atoms with Crippen LogP contribution in [0.25, 0.3) is 0 Å². The number of hydrogen-bond acceptors (Lipinski definition) is 2. The highest BCUT2D eigenvalue weighted by Gasteiger charge is 2.19. The minimum absolute atomic E-state index is 0.303. The summed E-state index contributed by atoms with van der Waals surface area (Å²) in [6.07, 6.45) is 0. The molecule has 1 aromatic carbocycles. The van der Waals surface area contributed by atoms with Crippen LogP contribution in [0, 0.1) is 17.5 Å². The highest BCUT2D eigenvalue weighted by atomic mass is 19.2. The van der Waals surface area contributed by atoms with Crippen molar-refractivity contribution in [3.63, 3.8) is 0 Å². The van der Waals surface area contributed by atoms with E-state index in [1.165, 1.54) is 0 Å². The van der Waals surface area contributed by atoms with Crippen LogP contribution in [0.2, 0.25) is 0 Å². The monoisotopic (exact) mass is 189 g/mol. The highest BCUT2D eigenvalue weighted by Crippen LogP contribution is 2.22. The summed E-state index contributed by atoms with van der Waals surface area (Å²) in [5.74, 6) is -4.78. The van der Waals surface area contributed by atoms with Gasteiger partial charge < -0.3 is 5.73 Å². The summed E-state index contributed by atoms with van der Waals surface area (Å²) in [6, 6.07) is 0.303. The molecule has 1 rings (SSSR count). The van der Waals surface area contributed by atoms with E-state index >= 15 is 0 Å². The summed E-state index contributed by atoms with van der Waals surface area (Å²) in [7, 11) is 0. The van der Waals surface area contributed by atoms with Gasteiger partial charge in [-0.1, -0.05) is 0 Å². The van der Waals surface area contributed by atoms with Crippen molar-refractivity contribution < 1.29 is 18.0 Å². The third-order valence-electron chi connectivity index (χ3n) is 1.56. The number of rotatable bonds is 1. The van der Waals surface area contributed by atoms with E-state index in [1.807, 2.05) is 0 Å². The molecular formula is C8H6F3NO. The number of carbonyl (C=O) groups is 1. The van der Waals surface area contributed by atoms with Crippen LogP contribution >= 0.6 is 0 Å². The third-order valence-corrected chi connectivity index (χ3v) is 1.56. The van der Waals surface area contributed by atoms with Crippen LogP contribution in [-0.4, -0.2) is 5.78 Å². The first-order chi connectivity index (χ1) is 5.95. The molecule has 1 aromatic rings. The lowest BCUT2D eigenvalue weighted by Gasteiger charge is -2.04. The maximum absolute atomic E-state index is 12.9. The van der Waals surface area contributed by atoms with Gasteiger partial charge in [0.25, 0.3) is 0 Å². The molecule has 70 valence electrons. The first-order valence-corrected chi connectivity index (χ1v) is 3.39. The van der Waals surface area contributed by atoms with Gasteiger partial charge in [-0.3, -0.25) is 4.79 Å². The number of hydrogen-bond donors (Lipinski definition) is 1. The van der Waals surface area contributed by atoms with Crippen molar-refractivity contribution in [2.75, 3.05) is 5.73 Å². The molecule has 2 nitrogen and oxygen atoms in total. The fourth-order valence-corrected chi connectivity index (χ4v) is 0.954. The zero-order chi connectivity index (χ0) is 10.2. The van der Waals surface area contributed by atoms with Crippen LogP contribution in [0.3, 0.4) is 0 Å². The Kier molecular flexibility index (Phi) is 2.27. The van der Waals surface area contributed by atoms with Crippen LogP contribution in [0.15, 0.2) is 6.07 Å². The van der Waals surface area contributed by atoms with Gasteiger partial charge >= 0.3 is 0 Å². The number of Topliss-reactive ketones (excluding diaryl/α,β-unsaturated/α-hetero) is 1. The molecule has 0 unspecified atom stereocenters. The second kappa shape index (κ2) is 3.08. The predicted octanol–water partition coefficient (Wildman–Crippen LogP) is 1.89. The minimum Gasteiger partial charge on any atom is -0.396 e. The number of benzene rings is 1. The Morgan fingerprint density at radius 1 is 1.31 bits per heavy atom. The van der Waals surface area contributed by atoms with E-state index in [0.717, 1.165) is 6.92 Å². The SMILES string of the molecule is CC(=O)c1c(N)c(F)cc(F)c1F. The molecule has 0 amide bonds. The van der Waals surface area contributed by atoms with Gasteiger partial charge in [0.1, 0.15) is 5.82 Å². The number of carbonyl (C=O) groups excluding carboxylic acids is 1. The van der Waals surface area contributed by atoms with Crippen molar-refractivity contribution in [1.82, 2.24) is 0 Å². The summed E-state index contributed by atoms with van der Waals surface area (Å²) in [5.41, 5.74) is 3.65. The summed E-state index contributed by atoms with van der Waals surface area (Å²) < 4.78 is 38.1. The lowest BCUT2D eigenvalue weighted by molar-refractivity contribution is 0.101. The molecule has 0 saturated heterocycles. The number of anilines is 1. The number of nitrogens with two attached hydrogens (primary N) is 1. The second-order valence-corrected chi connectivity index (χ2v) is 2.50. The number of halogens is 3. The van der Waals surface area contributed by atoms with E-state index < -0.39 is 34.5 Å². The molecule has 2 N–H and O–H groups in total. The number of nitrogen functional groups attached to an aromatic ring is 1. The molecule has 0 spiro atoms. The van der Waals surface area contributed by atoms with Gasteiger partial charge in [-0.05, 0) is 6.92 Å². The first kappa shape index (κ1) is 9.57. The molecular weight excluding hydrogens is 183 g/mol. The molecule has 0 heterocycles. The summed E-state index contributed by atoms with van der Waals surface area (Å²) in [6.45, 7) is 0.980. The Morgan fingerprint density at radius 3 is 2.31 bits per heavy atom. The molecule has 0 aliphatic heterocycles. The molecule has 13 heavy (non-hydrogen) atoms. The van der Waals surface area contributed by atoms with Crippen LogP contribution in [0.5, 0.6) is 0 Å². The Hall–Kier alpha value is -1.52. The largest absolute Gasteiger partial charge is 0.396 e. The van der Waals surface area contributed by atoms with Gasteiger partial charge in [-0.15, -0.1) is 0 Å². The molecule has 0 aliphatic carbocycles. The van der Waals surface area contributed by atoms with Gasteiger partial charge in [-0.2, -0.15) is 0 Å². The lowest BCUT2D eigenvalue weighted by atomic mass is 10.1. The average Bonchev–Trinajstić information content (AvgIpc) is 2.01. The molecule has 0 atom stereocenters. The standard InChI is InChI=1S/C8H6F3NO/c1-3(13)6-7(11)4(9)2-5(10)8(6)12/h2H,12H2,1H3. The second-order valence-electron chi connectivity index (χ2n) is 2.50. The molecule has 0 fully saturated rings. The van der Waals surface area contributed by atoms with Crippen molar-refractivity contribution >= 4 is 11.5 Å². The van der Waals surface area contributed by atoms with Gasteiger partial charge in [0.15, 0.2) is 17.4 Å².